The molecule has 0 heterocycles. The minimum Gasteiger partial charge on any atom is -0.482 e. The van der Waals surface area contributed by atoms with Crippen LogP contribution in [0.3, 0.4) is 0 Å². The van der Waals surface area contributed by atoms with Gasteiger partial charge in [0.15, 0.2) is 12.4 Å². The maximum atomic E-state index is 12.7. The van der Waals surface area contributed by atoms with E-state index in [1.54, 1.807) is 62.5 Å². The summed E-state index contributed by atoms with van der Waals surface area (Å²) in [5.74, 6) is -0.624. The Bertz CT molecular complexity index is 898. The van der Waals surface area contributed by atoms with Gasteiger partial charge in [0.05, 0.1) is 24.8 Å². The van der Waals surface area contributed by atoms with Crippen molar-refractivity contribution in [3.05, 3.63) is 65.2 Å². The smallest absolute Gasteiger partial charge is 0.343 e. The van der Waals surface area contributed by atoms with Gasteiger partial charge in [-0.25, -0.2) is 4.79 Å². The van der Waals surface area contributed by atoms with E-state index in [2.05, 4.69) is 4.74 Å². The van der Waals surface area contributed by atoms with Crippen LogP contribution < -0.4 is 4.74 Å². The van der Waals surface area contributed by atoms with Gasteiger partial charge in [0.1, 0.15) is 5.75 Å². The summed E-state index contributed by atoms with van der Waals surface area (Å²) in [7, 11) is 2.82. The van der Waals surface area contributed by atoms with Gasteiger partial charge in [0.2, 0.25) is 0 Å². The molecule has 0 aromatic heterocycles. The molecule has 2 aromatic carbocycles. The van der Waals surface area contributed by atoms with Crippen LogP contribution in [0, 0.1) is 11.3 Å². The van der Waals surface area contributed by atoms with Gasteiger partial charge in [0, 0.05) is 18.2 Å². The zero-order chi connectivity index (χ0) is 20.7. The molecular formula is C21H20N2O5. The van der Waals surface area contributed by atoms with Crippen molar-refractivity contribution in [1.29, 1.82) is 5.26 Å². The number of likely N-dealkylation sites (N-methyl/N-ethyl adjacent to an activating group) is 1. The van der Waals surface area contributed by atoms with E-state index in [1.807, 2.05) is 6.07 Å². The number of hydrogen-bond donors (Lipinski definition) is 0. The molecule has 0 radical (unpaired) electrons. The molecule has 0 aliphatic heterocycles. The highest BCUT2D eigenvalue weighted by Gasteiger charge is 2.24. The Labute approximate surface area is 163 Å². The van der Waals surface area contributed by atoms with Gasteiger partial charge in [0.25, 0.3) is 5.91 Å². The lowest BCUT2D eigenvalue weighted by atomic mass is 10.0. The Morgan fingerprint density at radius 3 is 2.14 bits per heavy atom. The summed E-state index contributed by atoms with van der Waals surface area (Å²) >= 11 is 0. The van der Waals surface area contributed by atoms with Crippen molar-refractivity contribution in [3.8, 4) is 11.8 Å². The Balaban J connectivity index is 2.04. The van der Waals surface area contributed by atoms with Crippen LogP contribution in [0.25, 0.3) is 0 Å². The van der Waals surface area contributed by atoms with Crippen molar-refractivity contribution >= 4 is 17.7 Å². The lowest BCUT2D eigenvalue weighted by Crippen LogP contribution is -2.40. The van der Waals surface area contributed by atoms with Crippen LogP contribution >= 0.6 is 0 Å². The molecule has 7 nitrogen and oxygen atoms in total. The Morgan fingerprint density at radius 1 is 1.04 bits per heavy atom. The highest BCUT2D eigenvalue weighted by Crippen LogP contribution is 2.16. The largest absolute Gasteiger partial charge is 0.482 e. The molecule has 0 spiro atoms. The summed E-state index contributed by atoms with van der Waals surface area (Å²) in [5, 5.41) is 8.83. The zero-order valence-corrected chi connectivity index (χ0v) is 15.8. The third-order valence-electron chi connectivity index (χ3n) is 4.26. The summed E-state index contributed by atoms with van der Waals surface area (Å²) in [4.78, 5) is 37.7. The average Bonchev–Trinajstić information content (AvgIpc) is 2.75. The summed E-state index contributed by atoms with van der Waals surface area (Å²) in [6.45, 7) is 1.42. The first kappa shape index (κ1) is 20.6. The second-order valence-electron chi connectivity index (χ2n) is 6.03. The number of nitriles is 1. The lowest BCUT2D eigenvalue weighted by Gasteiger charge is -2.24. The Kier molecular flexibility index (Phi) is 6.88. The van der Waals surface area contributed by atoms with E-state index in [0.717, 1.165) is 0 Å². The predicted octanol–water partition coefficient (Wildman–Crippen LogP) is 2.45. The summed E-state index contributed by atoms with van der Waals surface area (Å²) in [6, 6.07) is 13.8. The van der Waals surface area contributed by atoms with Gasteiger partial charge < -0.3 is 14.4 Å². The molecule has 1 amide bonds. The zero-order valence-electron chi connectivity index (χ0n) is 15.8. The van der Waals surface area contributed by atoms with E-state index in [4.69, 9.17) is 10.00 Å². The maximum absolute atomic E-state index is 12.7. The first-order valence-corrected chi connectivity index (χ1v) is 8.48. The molecule has 7 heteroatoms. The fourth-order valence-corrected chi connectivity index (χ4v) is 2.40. The topological polar surface area (TPSA) is 96.7 Å². The van der Waals surface area contributed by atoms with Crippen LogP contribution in [0.15, 0.2) is 48.5 Å². The number of carbonyl (C=O) groups excluding carboxylic acids is 3. The molecular weight excluding hydrogens is 360 g/mol. The minimum absolute atomic E-state index is 0.220. The van der Waals surface area contributed by atoms with E-state index in [-0.39, 0.29) is 18.3 Å². The normalized spacial score (nSPS) is 11.1. The SMILES string of the molecule is COC(=O)COc1ccc(C(=O)C(C)N(C)C(=O)c2ccc(C#N)cc2)cc1. The molecule has 0 fully saturated rings. The molecule has 2 aromatic rings. The van der Waals surface area contributed by atoms with Crippen molar-refractivity contribution in [2.24, 2.45) is 0 Å². The summed E-state index contributed by atoms with van der Waals surface area (Å²) in [6.07, 6.45) is 0. The molecule has 1 unspecified atom stereocenters. The molecule has 0 aliphatic rings. The van der Waals surface area contributed by atoms with Crippen LogP contribution in [-0.4, -0.2) is 49.4 Å². The minimum atomic E-state index is -0.690. The first-order chi connectivity index (χ1) is 13.4. The number of ketones is 1. The van der Waals surface area contributed by atoms with Crippen LogP contribution in [0.5, 0.6) is 5.75 Å². The van der Waals surface area contributed by atoms with Gasteiger partial charge in [-0.1, -0.05) is 0 Å². The van der Waals surface area contributed by atoms with Gasteiger partial charge >= 0.3 is 5.97 Å². The number of ether oxygens (including phenoxy) is 2. The van der Waals surface area contributed by atoms with Gasteiger partial charge in [-0.15, -0.1) is 0 Å². The van der Waals surface area contributed by atoms with E-state index in [9.17, 15) is 14.4 Å². The molecule has 0 N–H and O–H groups in total. The maximum Gasteiger partial charge on any atom is 0.343 e. The van der Waals surface area contributed by atoms with Crippen LogP contribution in [-0.2, 0) is 9.53 Å². The van der Waals surface area contributed by atoms with Crippen molar-refractivity contribution in [2.45, 2.75) is 13.0 Å². The number of nitrogens with zero attached hydrogens (tertiary/aromatic N) is 2. The van der Waals surface area contributed by atoms with Gasteiger partial charge in [-0.3, -0.25) is 9.59 Å². The quantitative estimate of drug-likeness (QED) is 0.541. The summed E-state index contributed by atoms with van der Waals surface area (Å²) in [5.41, 5.74) is 1.27. The fourth-order valence-electron chi connectivity index (χ4n) is 2.40. The molecule has 2 rings (SSSR count). The second-order valence-corrected chi connectivity index (χ2v) is 6.03. The second kappa shape index (κ2) is 9.33. The number of carbonyl (C=O) groups is 3. The number of benzene rings is 2. The molecule has 0 aliphatic carbocycles. The van der Waals surface area contributed by atoms with E-state index in [0.29, 0.717) is 22.4 Å². The number of methoxy groups -OCH3 is 1. The highest BCUT2D eigenvalue weighted by atomic mass is 16.6. The fraction of sp³-hybridized carbons (Fsp3) is 0.238. The monoisotopic (exact) mass is 380 g/mol. The van der Waals surface area contributed by atoms with Gasteiger partial charge in [-0.2, -0.15) is 5.26 Å². The number of hydrogen-bond acceptors (Lipinski definition) is 6. The number of rotatable bonds is 7. The average molecular weight is 380 g/mol. The van der Waals surface area contributed by atoms with Crippen LogP contribution in [0.4, 0.5) is 0 Å². The highest BCUT2D eigenvalue weighted by molar-refractivity contribution is 6.04. The van der Waals surface area contributed by atoms with Crippen molar-refractivity contribution < 1.29 is 23.9 Å². The third kappa shape index (κ3) is 4.95. The molecule has 0 saturated carbocycles. The predicted molar refractivity (Wildman–Crippen MR) is 101 cm³/mol. The number of Topliss-reactive ketones (excluding diaryl/α,β-unsaturated/α-hetero) is 1. The molecule has 1 atom stereocenters. The molecule has 28 heavy (non-hydrogen) atoms. The number of esters is 1. The van der Waals surface area contributed by atoms with Crippen molar-refractivity contribution in [3.63, 3.8) is 0 Å². The lowest BCUT2D eigenvalue weighted by molar-refractivity contribution is -0.142. The Morgan fingerprint density at radius 2 is 1.61 bits per heavy atom. The standard InChI is InChI=1S/C21H20N2O5/c1-14(23(2)21(26)17-6-4-15(12-22)5-7-17)20(25)16-8-10-18(11-9-16)28-13-19(24)27-3/h4-11,14H,13H2,1-3H3. The van der Waals surface area contributed by atoms with Crippen molar-refractivity contribution in [1.82, 2.24) is 4.90 Å². The third-order valence-corrected chi connectivity index (χ3v) is 4.26. The molecule has 0 saturated heterocycles. The van der Waals surface area contributed by atoms with E-state index >= 15 is 0 Å². The number of amides is 1. The molecule has 0 bridgehead atoms. The van der Waals surface area contributed by atoms with Crippen LogP contribution in [0.2, 0.25) is 0 Å². The van der Waals surface area contributed by atoms with Gasteiger partial charge in [-0.05, 0) is 55.5 Å². The van der Waals surface area contributed by atoms with Crippen molar-refractivity contribution in [2.75, 3.05) is 20.8 Å². The summed E-state index contributed by atoms with van der Waals surface area (Å²) < 4.78 is 9.74. The Hall–Kier alpha value is -3.66. The molecule has 144 valence electrons. The van der Waals surface area contributed by atoms with E-state index in [1.165, 1.54) is 12.0 Å². The van der Waals surface area contributed by atoms with Crippen LogP contribution in [0.1, 0.15) is 33.2 Å². The first-order valence-electron chi connectivity index (χ1n) is 8.48. The van der Waals surface area contributed by atoms with E-state index < -0.39 is 12.0 Å².